The van der Waals surface area contributed by atoms with Gasteiger partial charge in [0, 0.05) is 6.42 Å². The molecule has 0 aliphatic rings. The summed E-state index contributed by atoms with van der Waals surface area (Å²) in [6.45, 7) is 2.84. The number of rotatable bonds is 10. The zero-order valence-corrected chi connectivity index (χ0v) is 10.7. The summed E-state index contributed by atoms with van der Waals surface area (Å²) >= 11 is 0. The minimum Gasteiger partial charge on any atom is -0.302 e. The van der Waals surface area contributed by atoms with E-state index >= 15 is 0 Å². The number of likely N-dealkylation sites (N-methyl/N-ethyl adjacent to an activating group) is 1. The molecule has 0 aromatic heterocycles. The number of hydrogen-bond donors (Lipinski definition) is 0. The summed E-state index contributed by atoms with van der Waals surface area (Å²) in [6.07, 6.45) is 9.75. The monoisotopic (exact) mass is 213 g/mol. The highest BCUT2D eigenvalue weighted by atomic mass is 16.1. The third-order valence-electron chi connectivity index (χ3n) is 2.55. The first-order chi connectivity index (χ1) is 7.16. The fourth-order valence-corrected chi connectivity index (χ4v) is 1.71. The predicted molar refractivity (Wildman–Crippen MR) is 66.2 cm³/mol. The van der Waals surface area contributed by atoms with E-state index in [0.717, 1.165) is 12.8 Å². The molecule has 15 heavy (non-hydrogen) atoms. The van der Waals surface area contributed by atoms with E-state index in [1.54, 1.807) is 0 Å². The summed E-state index contributed by atoms with van der Waals surface area (Å²) in [5.74, 6) is 0.383. The van der Waals surface area contributed by atoms with Crippen LogP contribution < -0.4 is 0 Å². The third-order valence-corrected chi connectivity index (χ3v) is 2.55. The fraction of sp³-hybridized carbons (Fsp3) is 0.923. The molecule has 90 valence electrons. The smallest absolute Gasteiger partial charge is 0.146 e. The molecule has 0 aromatic rings. The van der Waals surface area contributed by atoms with Crippen molar-refractivity contribution in [3.63, 3.8) is 0 Å². The second-order valence-electron chi connectivity index (χ2n) is 4.65. The summed E-state index contributed by atoms with van der Waals surface area (Å²) in [4.78, 5) is 13.3. The van der Waals surface area contributed by atoms with Crippen LogP contribution in [-0.2, 0) is 4.79 Å². The number of carbonyl (C=O) groups excluding carboxylic acids is 1. The normalized spacial score (nSPS) is 10.9. The average Bonchev–Trinajstić information content (AvgIpc) is 2.15. The van der Waals surface area contributed by atoms with Crippen molar-refractivity contribution in [2.75, 3.05) is 20.6 Å². The van der Waals surface area contributed by atoms with Crippen molar-refractivity contribution in [1.29, 1.82) is 0 Å². The number of Topliss-reactive ketones (excluding diaryl/α,β-unsaturated/α-hetero) is 1. The second kappa shape index (κ2) is 10.2. The fourth-order valence-electron chi connectivity index (χ4n) is 1.71. The molecule has 0 heterocycles. The van der Waals surface area contributed by atoms with E-state index in [4.69, 9.17) is 0 Å². The van der Waals surface area contributed by atoms with E-state index in [1.807, 2.05) is 19.0 Å². The van der Waals surface area contributed by atoms with Gasteiger partial charge in [0.2, 0.25) is 0 Å². The van der Waals surface area contributed by atoms with Gasteiger partial charge in [-0.15, -0.1) is 0 Å². The molecule has 0 atom stereocenters. The largest absolute Gasteiger partial charge is 0.302 e. The number of carbonyl (C=O) groups is 1. The first kappa shape index (κ1) is 14.6. The highest BCUT2D eigenvalue weighted by molar-refractivity contribution is 5.80. The lowest BCUT2D eigenvalue weighted by molar-refractivity contribution is -0.119. The molecule has 0 saturated heterocycles. The summed E-state index contributed by atoms with van der Waals surface area (Å²) in [7, 11) is 3.89. The summed E-state index contributed by atoms with van der Waals surface area (Å²) in [5.41, 5.74) is 0. The van der Waals surface area contributed by atoms with Gasteiger partial charge in [-0.2, -0.15) is 0 Å². The van der Waals surface area contributed by atoms with Crippen molar-refractivity contribution in [3.05, 3.63) is 0 Å². The highest BCUT2D eigenvalue weighted by Crippen LogP contribution is 2.08. The molecule has 0 saturated carbocycles. The van der Waals surface area contributed by atoms with Gasteiger partial charge in [-0.3, -0.25) is 4.79 Å². The van der Waals surface area contributed by atoms with Gasteiger partial charge in [-0.1, -0.05) is 45.4 Å². The van der Waals surface area contributed by atoms with E-state index < -0.39 is 0 Å². The molecule has 0 aromatic carbocycles. The molecule has 0 aliphatic heterocycles. The molecule has 2 nitrogen and oxygen atoms in total. The Balaban J connectivity index is 3.13. The van der Waals surface area contributed by atoms with Crippen molar-refractivity contribution < 1.29 is 4.79 Å². The number of unbranched alkanes of at least 4 members (excludes halogenated alkanes) is 6. The Hall–Kier alpha value is -0.370. The maximum atomic E-state index is 11.3. The lowest BCUT2D eigenvalue weighted by Gasteiger charge is -2.07. The van der Waals surface area contributed by atoms with Crippen LogP contribution in [0.25, 0.3) is 0 Å². The number of ketones is 1. The number of hydrogen-bond acceptors (Lipinski definition) is 2. The Labute approximate surface area is 95.0 Å². The molecule has 0 unspecified atom stereocenters. The maximum absolute atomic E-state index is 11.3. The van der Waals surface area contributed by atoms with Crippen molar-refractivity contribution in [3.8, 4) is 0 Å². The van der Waals surface area contributed by atoms with Gasteiger partial charge in [-0.25, -0.2) is 0 Å². The van der Waals surface area contributed by atoms with E-state index in [0.29, 0.717) is 12.3 Å². The SMILES string of the molecule is CCCCCCCCCC(=O)CN(C)C. The number of nitrogens with zero attached hydrogens (tertiary/aromatic N) is 1. The van der Waals surface area contributed by atoms with Crippen LogP contribution in [0.2, 0.25) is 0 Å². The summed E-state index contributed by atoms with van der Waals surface area (Å²) < 4.78 is 0. The third kappa shape index (κ3) is 11.6. The lowest BCUT2D eigenvalue weighted by atomic mass is 10.1. The zero-order chi connectivity index (χ0) is 11.5. The topological polar surface area (TPSA) is 20.3 Å². The Kier molecular flexibility index (Phi) is 9.91. The van der Waals surface area contributed by atoms with Crippen LogP contribution in [0.15, 0.2) is 0 Å². The molecule has 0 spiro atoms. The summed E-state index contributed by atoms with van der Waals surface area (Å²) in [6, 6.07) is 0. The van der Waals surface area contributed by atoms with Gasteiger partial charge in [0.15, 0.2) is 0 Å². The standard InChI is InChI=1S/C13H27NO/c1-4-5-6-7-8-9-10-11-13(15)12-14(2)3/h4-12H2,1-3H3. The van der Waals surface area contributed by atoms with E-state index in [2.05, 4.69) is 6.92 Å². The maximum Gasteiger partial charge on any atom is 0.146 e. The van der Waals surface area contributed by atoms with Crippen LogP contribution in [0.1, 0.15) is 58.3 Å². The van der Waals surface area contributed by atoms with Crippen LogP contribution in [0, 0.1) is 0 Å². The van der Waals surface area contributed by atoms with Crippen LogP contribution in [0.3, 0.4) is 0 Å². The van der Waals surface area contributed by atoms with Crippen molar-refractivity contribution >= 4 is 5.78 Å². The Morgan fingerprint density at radius 3 is 2.00 bits per heavy atom. The first-order valence-electron chi connectivity index (χ1n) is 6.33. The van der Waals surface area contributed by atoms with Gasteiger partial charge in [0.05, 0.1) is 6.54 Å². The Morgan fingerprint density at radius 1 is 0.933 bits per heavy atom. The van der Waals surface area contributed by atoms with E-state index in [1.165, 1.54) is 38.5 Å². The Morgan fingerprint density at radius 2 is 1.47 bits per heavy atom. The van der Waals surface area contributed by atoms with Crippen LogP contribution in [0.5, 0.6) is 0 Å². The van der Waals surface area contributed by atoms with Gasteiger partial charge < -0.3 is 4.90 Å². The molecule has 2 heteroatoms. The van der Waals surface area contributed by atoms with Crippen LogP contribution in [0.4, 0.5) is 0 Å². The lowest BCUT2D eigenvalue weighted by Crippen LogP contribution is -2.21. The molecule has 0 radical (unpaired) electrons. The van der Waals surface area contributed by atoms with Gasteiger partial charge in [-0.05, 0) is 20.5 Å². The zero-order valence-electron chi connectivity index (χ0n) is 10.7. The molecule has 0 fully saturated rings. The van der Waals surface area contributed by atoms with Crippen LogP contribution >= 0.6 is 0 Å². The predicted octanol–water partition coefficient (Wildman–Crippen LogP) is 3.26. The second-order valence-corrected chi connectivity index (χ2v) is 4.65. The molecular weight excluding hydrogens is 186 g/mol. The van der Waals surface area contributed by atoms with Crippen LogP contribution in [-0.4, -0.2) is 31.3 Å². The van der Waals surface area contributed by atoms with Crippen molar-refractivity contribution in [1.82, 2.24) is 4.90 Å². The molecule has 0 bridgehead atoms. The molecule has 0 N–H and O–H groups in total. The first-order valence-corrected chi connectivity index (χ1v) is 6.33. The van der Waals surface area contributed by atoms with Crippen molar-refractivity contribution in [2.24, 2.45) is 0 Å². The van der Waals surface area contributed by atoms with E-state index in [-0.39, 0.29) is 0 Å². The minimum atomic E-state index is 0.383. The van der Waals surface area contributed by atoms with Crippen molar-refractivity contribution in [2.45, 2.75) is 58.3 Å². The van der Waals surface area contributed by atoms with Gasteiger partial charge in [0.1, 0.15) is 5.78 Å². The average molecular weight is 213 g/mol. The van der Waals surface area contributed by atoms with E-state index in [9.17, 15) is 4.79 Å². The molecular formula is C13H27NO. The highest BCUT2D eigenvalue weighted by Gasteiger charge is 2.02. The summed E-state index contributed by atoms with van der Waals surface area (Å²) in [5, 5.41) is 0. The quantitative estimate of drug-likeness (QED) is 0.519. The van der Waals surface area contributed by atoms with Gasteiger partial charge in [0.25, 0.3) is 0 Å². The molecule has 0 amide bonds. The van der Waals surface area contributed by atoms with Gasteiger partial charge >= 0.3 is 0 Å². The molecule has 0 aliphatic carbocycles. The Bertz CT molecular complexity index is 155. The molecule has 0 rings (SSSR count). The minimum absolute atomic E-state index is 0.383.